The third kappa shape index (κ3) is 4.70. The Morgan fingerprint density at radius 3 is 2.83 bits per heavy atom. The van der Waals surface area contributed by atoms with Crippen LogP contribution in [0.1, 0.15) is 87.0 Å². The van der Waals surface area contributed by atoms with E-state index in [9.17, 15) is 9.59 Å². The molecule has 0 N–H and O–H groups in total. The summed E-state index contributed by atoms with van der Waals surface area (Å²) in [6.45, 7) is 5.10. The second-order valence-corrected chi connectivity index (χ2v) is 11.2. The van der Waals surface area contributed by atoms with Crippen molar-refractivity contribution in [2.24, 2.45) is 0 Å². The van der Waals surface area contributed by atoms with Gasteiger partial charge in [0, 0.05) is 30.3 Å². The van der Waals surface area contributed by atoms with Gasteiger partial charge in [0.05, 0.1) is 12.0 Å². The Morgan fingerprint density at radius 1 is 1.20 bits per heavy atom. The highest BCUT2D eigenvalue weighted by Gasteiger charge is 2.48. The van der Waals surface area contributed by atoms with Crippen molar-refractivity contribution in [3.05, 3.63) is 35.3 Å². The van der Waals surface area contributed by atoms with Crippen LogP contribution in [0.25, 0.3) is 17.4 Å². The minimum absolute atomic E-state index is 0.109. The lowest BCUT2D eigenvalue weighted by molar-refractivity contribution is -0.127. The Balaban J connectivity index is 1.40. The van der Waals surface area contributed by atoms with Gasteiger partial charge in [-0.15, -0.1) is 0 Å². The molecule has 0 amide bonds. The number of rotatable bonds is 7. The Morgan fingerprint density at radius 2 is 2.05 bits per heavy atom. The zero-order chi connectivity index (χ0) is 27.9. The van der Waals surface area contributed by atoms with Crippen molar-refractivity contribution >= 4 is 11.8 Å². The number of hydrogen-bond donors (Lipinski definition) is 0. The molecule has 11 heteroatoms. The Bertz CT molecular complexity index is 1420. The van der Waals surface area contributed by atoms with Crippen molar-refractivity contribution in [1.29, 1.82) is 0 Å². The van der Waals surface area contributed by atoms with Crippen LogP contribution >= 0.6 is 0 Å². The molecular weight excluding hydrogens is 512 g/mol. The quantitative estimate of drug-likeness (QED) is 0.399. The summed E-state index contributed by atoms with van der Waals surface area (Å²) >= 11 is 0. The number of fused-ring (bicyclic) bond motifs is 2. The molecule has 4 heterocycles. The summed E-state index contributed by atoms with van der Waals surface area (Å²) in [5.74, 6) is 1.34. The van der Waals surface area contributed by atoms with E-state index in [1.165, 1.54) is 4.68 Å². The standard InChI is InChI=1S/C29H36N6O5/c1-4-38-28(37)20-12-16-35(32-20)23-17-24(39-18(2)21-10-8-15-34(21)3)31-27(30-23)25-19-9-7-14-29(26(19)33-40-25)13-6-5-11-22(29)36/h12,16-18,21H,4-11,13-15H2,1-3H3/t18-,21-,29+/m0/s1. The van der Waals surface area contributed by atoms with E-state index in [2.05, 4.69) is 29.1 Å². The number of esters is 1. The summed E-state index contributed by atoms with van der Waals surface area (Å²) in [6.07, 6.45) is 9.47. The third-order valence-electron chi connectivity index (χ3n) is 8.69. The molecule has 3 aromatic rings. The number of ether oxygens (including phenoxy) is 2. The minimum Gasteiger partial charge on any atom is -0.473 e. The Labute approximate surface area is 233 Å². The topological polar surface area (TPSA) is 125 Å². The van der Waals surface area contributed by atoms with Gasteiger partial charge in [-0.3, -0.25) is 9.69 Å². The summed E-state index contributed by atoms with van der Waals surface area (Å²) in [5, 5.41) is 8.86. The van der Waals surface area contributed by atoms with Crippen LogP contribution in [0.5, 0.6) is 5.88 Å². The van der Waals surface area contributed by atoms with Gasteiger partial charge in [-0.1, -0.05) is 11.6 Å². The number of nitrogens with zero attached hydrogens (tertiary/aromatic N) is 6. The van der Waals surface area contributed by atoms with E-state index in [1.807, 2.05) is 0 Å². The van der Waals surface area contributed by atoms with E-state index in [-0.39, 0.29) is 30.2 Å². The Hall–Kier alpha value is -3.60. The molecule has 1 saturated carbocycles. The Kier molecular flexibility index (Phi) is 7.16. The average molecular weight is 549 g/mol. The van der Waals surface area contributed by atoms with Gasteiger partial charge in [0.1, 0.15) is 17.6 Å². The number of Topliss-reactive ketones (excluding diaryl/α,β-unsaturated/α-hetero) is 1. The monoisotopic (exact) mass is 548 g/mol. The van der Waals surface area contributed by atoms with Gasteiger partial charge in [-0.05, 0) is 78.5 Å². The molecule has 0 aromatic carbocycles. The van der Waals surface area contributed by atoms with Crippen molar-refractivity contribution in [2.45, 2.75) is 89.2 Å². The summed E-state index contributed by atoms with van der Waals surface area (Å²) in [7, 11) is 2.11. The van der Waals surface area contributed by atoms with Gasteiger partial charge >= 0.3 is 5.97 Å². The van der Waals surface area contributed by atoms with Crippen LogP contribution < -0.4 is 4.74 Å². The van der Waals surface area contributed by atoms with Gasteiger partial charge in [-0.2, -0.15) is 10.1 Å². The van der Waals surface area contributed by atoms with Crippen LogP contribution in [-0.2, 0) is 21.4 Å². The molecule has 0 radical (unpaired) electrons. The van der Waals surface area contributed by atoms with Crippen LogP contribution in [0.2, 0.25) is 0 Å². The third-order valence-corrected chi connectivity index (χ3v) is 8.69. The first-order valence-electron chi connectivity index (χ1n) is 14.4. The lowest BCUT2D eigenvalue weighted by Gasteiger charge is -2.37. The highest BCUT2D eigenvalue weighted by atomic mass is 16.5. The molecule has 1 saturated heterocycles. The molecule has 40 heavy (non-hydrogen) atoms. The maximum Gasteiger partial charge on any atom is 0.358 e. The van der Waals surface area contributed by atoms with Crippen molar-refractivity contribution in [1.82, 2.24) is 29.8 Å². The number of carbonyl (C=O) groups excluding carboxylic acids is 2. The molecule has 1 aliphatic heterocycles. The zero-order valence-corrected chi connectivity index (χ0v) is 23.4. The molecular formula is C29H36N6O5. The fraction of sp³-hybridized carbons (Fsp3) is 0.586. The molecule has 1 spiro atoms. The number of aromatic nitrogens is 5. The van der Waals surface area contributed by atoms with Crippen molar-refractivity contribution < 1.29 is 23.6 Å². The molecule has 0 unspecified atom stereocenters. The summed E-state index contributed by atoms with van der Waals surface area (Å²) in [4.78, 5) is 37.3. The number of ketones is 1. The predicted molar refractivity (Wildman–Crippen MR) is 144 cm³/mol. The first kappa shape index (κ1) is 26.6. The number of likely N-dealkylation sites (tertiary alicyclic amines) is 1. The first-order valence-corrected chi connectivity index (χ1v) is 14.4. The van der Waals surface area contributed by atoms with Gasteiger partial charge in [-0.25, -0.2) is 14.5 Å². The predicted octanol–water partition coefficient (Wildman–Crippen LogP) is 4.07. The van der Waals surface area contributed by atoms with Crippen LogP contribution in [0.3, 0.4) is 0 Å². The van der Waals surface area contributed by atoms with Crippen LogP contribution in [0.4, 0.5) is 0 Å². The zero-order valence-electron chi connectivity index (χ0n) is 23.4. The molecule has 2 aliphatic carbocycles. The normalized spacial score (nSPS) is 23.8. The van der Waals surface area contributed by atoms with Gasteiger partial charge in [0.25, 0.3) is 0 Å². The lowest BCUT2D eigenvalue weighted by Crippen LogP contribution is -2.41. The van der Waals surface area contributed by atoms with E-state index in [1.54, 1.807) is 25.3 Å². The van der Waals surface area contributed by atoms with E-state index in [4.69, 9.17) is 24.0 Å². The SMILES string of the molecule is CCOC(=O)c1ccn(-c2cc(O[C@@H](C)[C@@H]3CCCN3C)nc(-c3onc4c3CCC[C@@]43CCCCC3=O)n2)n1. The van der Waals surface area contributed by atoms with Crippen molar-refractivity contribution in [2.75, 3.05) is 20.2 Å². The average Bonchev–Trinajstić information content (AvgIpc) is 3.70. The number of likely N-dealkylation sites (N-methyl/N-ethyl adjacent to an activating group) is 1. The molecule has 212 valence electrons. The fourth-order valence-electron chi connectivity index (χ4n) is 6.64. The second kappa shape index (κ2) is 10.8. The second-order valence-electron chi connectivity index (χ2n) is 11.2. The highest BCUT2D eigenvalue weighted by molar-refractivity contribution is 5.91. The molecule has 0 bridgehead atoms. The largest absolute Gasteiger partial charge is 0.473 e. The first-order chi connectivity index (χ1) is 19.4. The molecule has 2 fully saturated rings. The van der Waals surface area contributed by atoms with Gasteiger partial charge in [0.2, 0.25) is 17.5 Å². The number of carbonyl (C=O) groups is 2. The minimum atomic E-state index is -0.567. The van der Waals surface area contributed by atoms with E-state index in [0.717, 1.165) is 69.2 Å². The van der Waals surface area contributed by atoms with Crippen LogP contribution in [0, 0.1) is 0 Å². The molecule has 6 rings (SSSR count). The maximum atomic E-state index is 13.2. The smallest absolute Gasteiger partial charge is 0.358 e. The molecule has 3 aliphatic rings. The van der Waals surface area contributed by atoms with E-state index in [0.29, 0.717) is 29.7 Å². The molecule has 3 aromatic heterocycles. The van der Waals surface area contributed by atoms with Gasteiger partial charge in [0.15, 0.2) is 11.5 Å². The van der Waals surface area contributed by atoms with Crippen LogP contribution in [-0.4, -0.2) is 73.9 Å². The number of hydrogen-bond acceptors (Lipinski definition) is 10. The highest BCUT2D eigenvalue weighted by Crippen LogP contribution is 2.47. The van der Waals surface area contributed by atoms with Gasteiger partial charge < -0.3 is 14.0 Å². The summed E-state index contributed by atoms with van der Waals surface area (Å²) in [6, 6.07) is 3.58. The molecule has 3 atom stereocenters. The lowest BCUT2D eigenvalue weighted by atomic mass is 9.64. The molecule has 11 nitrogen and oxygen atoms in total. The fourth-order valence-corrected chi connectivity index (χ4v) is 6.64. The van der Waals surface area contributed by atoms with Crippen LogP contribution in [0.15, 0.2) is 22.9 Å². The maximum absolute atomic E-state index is 13.2. The van der Waals surface area contributed by atoms with E-state index < -0.39 is 11.4 Å². The van der Waals surface area contributed by atoms with Crippen molar-refractivity contribution in [3.8, 4) is 23.3 Å². The van der Waals surface area contributed by atoms with Crippen molar-refractivity contribution in [3.63, 3.8) is 0 Å². The summed E-state index contributed by atoms with van der Waals surface area (Å²) in [5.41, 5.74) is 1.27. The van der Waals surface area contributed by atoms with E-state index >= 15 is 0 Å². The summed E-state index contributed by atoms with van der Waals surface area (Å²) < 4.78 is 18.9.